The summed E-state index contributed by atoms with van der Waals surface area (Å²) in [6, 6.07) is 6.94. The van der Waals surface area contributed by atoms with Crippen LogP contribution in [-0.2, 0) is 0 Å². The lowest BCUT2D eigenvalue weighted by atomic mass is 10.3. The van der Waals surface area contributed by atoms with Crippen LogP contribution in [-0.4, -0.2) is 11.3 Å². The van der Waals surface area contributed by atoms with Crippen molar-refractivity contribution in [1.29, 1.82) is 0 Å². The average Bonchev–Trinajstić information content (AvgIpc) is 2.69. The number of hydrogen-bond donors (Lipinski definition) is 0. The molecule has 0 aliphatic rings. The molecular weight excluding hydrogens is 234 g/mol. The monoisotopic (exact) mass is 239 g/mol. The standard InChI is InChI=1S/C10H6ClNO2S/c11-7-1-3-9(4-2-7)14-10-12-8(5-13)6-15-10/h1-6H. The molecule has 0 amide bonds. The number of rotatable bonds is 3. The number of hydrogen-bond acceptors (Lipinski definition) is 4. The molecule has 0 saturated heterocycles. The smallest absolute Gasteiger partial charge is 0.279 e. The summed E-state index contributed by atoms with van der Waals surface area (Å²) >= 11 is 7.00. The van der Waals surface area contributed by atoms with Crippen LogP contribution in [0.1, 0.15) is 10.5 Å². The first kappa shape index (κ1) is 10.1. The average molecular weight is 240 g/mol. The summed E-state index contributed by atoms with van der Waals surface area (Å²) in [5.41, 5.74) is 0.379. The van der Waals surface area contributed by atoms with Gasteiger partial charge in [-0.25, -0.2) is 0 Å². The van der Waals surface area contributed by atoms with Crippen molar-refractivity contribution in [3.63, 3.8) is 0 Å². The Hall–Kier alpha value is -1.39. The van der Waals surface area contributed by atoms with Crippen molar-refractivity contribution in [2.24, 2.45) is 0 Å². The molecule has 0 aliphatic carbocycles. The fraction of sp³-hybridized carbons (Fsp3) is 0. The van der Waals surface area contributed by atoms with Crippen molar-refractivity contribution >= 4 is 29.2 Å². The van der Waals surface area contributed by atoms with Crippen LogP contribution in [0, 0.1) is 0 Å². The number of nitrogens with zero attached hydrogens (tertiary/aromatic N) is 1. The third kappa shape index (κ3) is 2.55. The van der Waals surface area contributed by atoms with Crippen molar-refractivity contribution in [3.05, 3.63) is 40.4 Å². The van der Waals surface area contributed by atoms with Crippen LogP contribution in [0.2, 0.25) is 5.02 Å². The lowest BCUT2D eigenvalue weighted by molar-refractivity contribution is 0.111. The number of aldehydes is 1. The van der Waals surface area contributed by atoms with E-state index in [9.17, 15) is 4.79 Å². The first-order valence-electron chi connectivity index (χ1n) is 4.12. The van der Waals surface area contributed by atoms with Crippen LogP contribution in [0.5, 0.6) is 10.9 Å². The summed E-state index contributed by atoms with van der Waals surface area (Å²) in [4.78, 5) is 14.3. The maximum Gasteiger partial charge on any atom is 0.279 e. The lowest BCUT2D eigenvalue weighted by Gasteiger charge is -2.00. The fourth-order valence-electron chi connectivity index (χ4n) is 0.973. The van der Waals surface area contributed by atoms with Gasteiger partial charge in [0.25, 0.3) is 5.19 Å². The van der Waals surface area contributed by atoms with Crippen LogP contribution in [0.3, 0.4) is 0 Å². The van der Waals surface area contributed by atoms with Crippen LogP contribution < -0.4 is 4.74 Å². The summed E-state index contributed by atoms with van der Waals surface area (Å²) in [5, 5.41) is 2.73. The summed E-state index contributed by atoms with van der Waals surface area (Å²) in [6.07, 6.45) is 0.686. The van der Waals surface area contributed by atoms with Gasteiger partial charge in [0.15, 0.2) is 6.29 Å². The molecule has 2 rings (SSSR count). The maximum absolute atomic E-state index is 10.4. The topological polar surface area (TPSA) is 39.2 Å². The molecule has 15 heavy (non-hydrogen) atoms. The third-order valence-electron chi connectivity index (χ3n) is 1.64. The summed E-state index contributed by atoms with van der Waals surface area (Å²) in [5.74, 6) is 0.645. The van der Waals surface area contributed by atoms with Gasteiger partial charge >= 0.3 is 0 Å². The molecule has 0 aliphatic heterocycles. The molecule has 76 valence electrons. The van der Waals surface area contributed by atoms with E-state index in [0.29, 0.717) is 27.9 Å². The normalized spacial score (nSPS) is 9.93. The zero-order valence-electron chi connectivity index (χ0n) is 7.51. The van der Waals surface area contributed by atoms with Gasteiger partial charge in [0.05, 0.1) is 0 Å². The molecule has 0 atom stereocenters. The number of carbonyl (C=O) groups is 1. The minimum absolute atomic E-state index is 0.379. The number of aromatic nitrogens is 1. The number of ether oxygens (including phenoxy) is 1. The molecule has 0 bridgehead atoms. The van der Waals surface area contributed by atoms with Crippen LogP contribution in [0.25, 0.3) is 0 Å². The van der Waals surface area contributed by atoms with E-state index < -0.39 is 0 Å². The molecule has 0 fully saturated rings. The molecule has 1 aromatic heterocycles. The molecule has 1 aromatic carbocycles. The second kappa shape index (κ2) is 4.42. The zero-order chi connectivity index (χ0) is 10.7. The van der Waals surface area contributed by atoms with Gasteiger partial charge in [-0.15, -0.1) is 0 Å². The molecule has 0 spiro atoms. The molecule has 5 heteroatoms. The van der Waals surface area contributed by atoms with Gasteiger partial charge in [-0.2, -0.15) is 4.98 Å². The van der Waals surface area contributed by atoms with Gasteiger partial charge in [-0.3, -0.25) is 4.79 Å². The highest BCUT2D eigenvalue weighted by Crippen LogP contribution is 2.25. The molecule has 0 unspecified atom stereocenters. The molecule has 3 nitrogen and oxygen atoms in total. The second-order valence-electron chi connectivity index (χ2n) is 2.71. The first-order chi connectivity index (χ1) is 7.28. The predicted octanol–water partition coefficient (Wildman–Crippen LogP) is 3.40. The highest BCUT2D eigenvalue weighted by atomic mass is 35.5. The second-order valence-corrected chi connectivity index (χ2v) is 3.97. The Morgan fingerprint density at radius 2 is 2.07 bits per heavy atom. The number of halogens is 1. The zero-order valence-corrected chi connectivity index (χ0v) is 9.09. The van der Waals surface area contributed by atoms with Gasteiger partial charge in [-0.05, 0) is 24.3 Å². The van der Waals surface area contributed by atoms with Crippen LogP contribution >= 0.6 is 22.9 Å². The van der Waals surface area contributed by atoms with Crippen molar-refractivity contribution in [2.45, 2.75) is 0 Å². The summed E-state index contributed by atoms with van der Waals surface area (Å²) < 4.78 is 5.41. The minimum Gasteiger partial charge on any atom is -0.431 e. The van der Waals surface area contributed by atoms with Gasteiger partial charge < -0.3 is 4.74 Å². The fourth-order valence-corrected chi connectivity index (χ4v) is 1.73. The van der Waals surface area contributed by atoms with Crippen molar-refractivity contribution in [1.82, 2.24) is 4.98 Å². The van der Waals surface area contributed by atoms with E-state index in [1.165, 1.54) is 11.3 Å². The minimum atomic E-state index is 0.379. The Bertz CT molecular complexity index is 467. The molecule has 0 N–H and O–H groups in total. The molecular formula is C10H6ClNO2S. The Morgan fingerprint density at radius 3 is 2.67 bits per heavy atom. The van der Waals surface area contributed by atoms with E-state index in [1.807, 2.05) is 0 Å². The lowest BCUT2D eigenvalue weighted by Crippen LogP contribution is -1.84. The third-order valence-corrected chi connectivity index (χ3v) is 2.63. The summed E-state index contributed by atoms with van der Waals surface area (Å²) in [7, 11) is 0. The van der Waals surface area contributed by atoms with Gasteiger partial charge in [0, 0.05) is 10.4 Å². The van der Waals surface area contributed by atoms with Crippen LogP contribution in [0.15, 0.2) is 29.6 Å². The molecule has 0 radical (unpaired) electrons. The Labute approximate surface area is 95.3 Å². The Balaban J connectivity index is 2.14. The van der Waals surface area contributed by atoms with E-state index in [-0.39, 0.29) is 0 Å². The quantitative estimate of drug-likeness (QED) is 0.771. The summed E-state index contributed by atoms with van der Waals surface area (Å²) in [6.45, 7) is 0. The molecule has 1 heterocycles. The highest BCUT2D eigenvalue weighted by Gasteiger charge is 2.02. The number of thiazole rings is 1. The number of carbonyl (C=O) groups excluding carboxylic acids is 1. The van der Waals surface area contributed by atoms with Gasteiger partial charge in [-0.1, -0.05) is 22.9 Å². The van der Waals surface area contributed by atoms with Crippen molar-refractivity contribution in [3.8, 4) is 10.9 Å². The van der Waals surface area contributed by atoms with Crippen LogP contribution in [0.4, 0.5) is 0 Å². The van der Waals surface area contributed by atoms with E-state index in [2.05, 4.69) is 4.98 Å². The SMILES string of the molecule is O=Cc1csc(Oc2ccc(Cl)cc2)n1. The van der Waals surface area contributed by atoms with E-state index >= 15 is 0 Å². The number of benzene rings is 1. The van der Waals surface area contributed by atoms with Gasteiger partial charge in [0.2, 0.25) is 0 Å². The van der Waals surface area contributed by atoms with E-state index in [4.69, 9.17) is 16.3 Å². The van der Waals surface area contributed by atoms with Crippen molar-refractivity contribution in [2.75, 3.05) is 0 Å². The first-order valence-corrected chi connectivity index (χ1v) is 5.38. The largest absolute Gasteiger partial charge is 0.431 e. The predicted molar refractivity (Wildman–Crippen MR) is 59.0 cm³/mol. The Kier molecular flexibility index (Phi) is 2.99. The van der Waals surface area contributed by atoms with E-state index in [1.54, 1.807) is 29.6 Å². The maximum atomic E-state index is 10.4. The Morgan fingerprint density at radius 1 is 1.33 bits per heavy atom. The van der Waals surface area contributed by atoms with E-state index in [0.717, 1.165) is 0 Å². The molecule has 2 aromatic rings. The molecule has 0 saturated carbocycles. The van der Waals surface area contributed by atoms with Gasteiger partial charge in [0.1, 0.15) is 11.4 Å². The van der Waals surface area contributed by atoms with Crippen molar-refractivity contribution < 1.29 is 9.53 Å². The highest BCUT2D eigenvalue weighted by molar-refractivity contribution is 7.11.